The number of nitrogens with zero attached hydrogens (tertiary/aromatic N) is 3. The summed E-state index contributed by atoms with van der Waals surface area (Å²) < 4.78 is 65.7. The molecule has 13 heteroatoms. The van der Waals surface area contributed by atoms with Gasteiger partial charge in [0, 0.05) is 19.3 Å². The van der Waals surface area contributed by atoms with E-state index in [4.69, 9.17) is 11.6 Å². The minimum absolute atomic E-state index is 0.00389. The van der Waals surface area contributed by atoms with Gasteiger partial charge in [-0.1, -0.05) is 29.3 Å². The third-order valence-corrected chi connectivity index (χ3v) is 6.12. The number of hydrogen-bond acceptors (Lipinski definition) is 6. The summed E-state index contributed by atoms with van der Waals surface area (Å²) in [6.45, 7) is 1.93. The van der Waals surface area contributed by atoms with Crippen LogP contribution in [-0.4, -0.2) is 36.3 Å². The van der Waals surface area contributed by atoms with Crippen molar-refractivity contribution >= 4 is 27.3 Å². The van der Waals surface area contributed by atoms with Crippen LogP contribution in [0.5, 0.6) is 0 Å². The highest BCUT2D eigenvalue weighted by atomic mass is 35.5. The van der Waals surface area contributed by atoms with Crippen LogP contribution < -0.4 is 15.6 Å². The van der Waals surface area contributed by atoms with E-state index in [1.165, 1.54) is 18.3 Å². The number of halogens is 4. The quantitative estimate of drug-likeness (QED) is 0.496. The molecular weight excluding hydrogens is 471 g/mol. The van der Waals surface area contributed by atoms with Crippen LogP contribution in [-0.2, 0) is 16.2 Å². The van der Waals surface area contributed by atoms with Crippen molar-refractivity contribution in [3.8, 4) is 5.82 Å². The van der Waals surface area contributed by atoms with E-state index in [0.717, 1.165) is 22.4 Å². The fraction of sp³-hybridized carbons (Fsp3) is 0.211. The Hall–Kier alpha value is -2.96. The Bertz CT molecular complexity index is 1260. The molecule has 0 saturated heterocycles. The Balaban J connectivity index is 1.65. The Labute approximate surface area is 186 Å². The van der Waals surface area contributed by atoms with Crippen molar-refractivity contribution in [1.82, 2.24) is 19.5 Å². The summed E-state index contributed by atoms with van der Waals surface area (Å²) in [5.41, 5.74) is -0.709. The summed E-state index contributed by atoms with van der Waals surface area (Å²) in [7, 11) is -3.70. The third kappa shape index (κ3) is 5.44. The first-order valence-corrected chi connectivity index (χ1v) is 11.0. The first kappa shape index (κ1) is 23.7. The van der Waals surface area contributed by atoms with Crippen molar-refractivity contribution in [1.29, 1.82) is 0 Å². The standard InChI is InChI=1S/C19H17ClF3N5O3S/c1-12-2-5-14(6-3-12)32(30,31)27-9-8-24-15-11-26-28(18(29)17(15)20)16-7-4-13(10-25-16)19(21,22)23/h2-7,10-11,24,27H,8-9H2,1H3. The Kier molecular flexibility index (Phi) is 6.86. The van der Waals surface area contributed by atoms with Gasteiger partial charge in [-0.25, -0.2) is 18.1 Å². The second-order valence-corrected chi connectivity index (χ2v) is 8.77. The first-order valence-electron chi connectivity index (χ1n) is 9.11. The molecule has 0 bridgehead atoms. The van der Waals surface area contributed by atoms with Gasteiger partial charge in [-0.15, -0.1) is 0 Å². The Morgan fingerprint density at radius 2 is 1.75 bits per heavy atom. The van der Waals surface area contributed by atoms with Crippen molar-refractivity contribution in [2.75, 3.05) is 18.4 Å². The number of aromatic nitrogens is 3. The third-order valence-electron chi connectivity index (χ3n) is 4.27. The number of alkyl halides is 3. The zero-order valence-electron chi connectivity index (χ0n) is 16.5. The molecule has 0 radical (unpaired) electrons. The number of anilines is 1. The molecule has 0 unspecified atom stereocenters. The maximum Gasteiger partial charge on any atom is 0.417 e. The van der Waals surface area contributed by atoms with Gasteiger partial charge in [0.25, 0.3) is 5.56 Å². The van der Waals surface area contributed by atoms with Crippen LogP contribution >= 0.6 is 11.6 Å². The maximum atomic E-state index is 12.7. The Morgan fingerprint density at radius 3 is 2.34 bits per heavy atom. The fourth-order valence-corrected chi connectivity index (χ4v) is 3.81. The molecule has 0 amide bonds. The smallest absolute Gasteiger partial charge is 0.381 e. The van der Waals surface area contributed by atoms with Crippen molar-refractivity contribution in [2.45, 2.75) is 18.0 Å². The van der Waals surface area contributed by atoms with Gasteiger partial charge < -0.3 is 5.32 Å². The van der Waals surface area contributed by atoms with Crippen LogP contribution in [0.4, 0.5) is 18.9 Å². The van der Waals surface area contributed by atoms with Crippen LogP contribution in [0.2, 0.25) is 5.02 Å². The zero-order chi connectivity index (χ0) is 23.5. The lowest BCUT2D eigenvalue weighted by Crippen LogP contribution is -2.29. The van der Waals surface area contributed by atoms with Crippen molar-refractivity contribution in [2.24, 2.45) is 0 Å². The summed E-state index contributed by atoms with van der Waals surface area (Å²) in [6, 6.07) is 8.11. The Morgan fingerprint density at radius 1 is 1.06 bits per heavy atom. The predicted molar refractivity (Wildman–Crippen MR) is 112 cm³/mol. The lowest BCUT2D eigenvalue weighted by atomic mass is 10.2. The molecule has 0 atom stereocenters. The summed E-state index contributed by atoms with van der Waals surface area (Å²) in [5, 5.41) is 6.38. The van der Waals surface area contributed by atoms with E-state index in [1.54, 1.807) is 12.1 Å². The number of aryl methyl sites for hydroxylation is 1. The molecule has 0 aliphatic heterocycles. The van der Waals surface area contributed by atoms with Gasteiger partial charge in [-0.2, -0.15) is 23.0 Å². The van der Waals surface area contributed by atoms with Crippen LogP contribution in [0.15, 0.2) is 58.5 Å². The SMILES string of the molecule is Cc1ccc(S(=O)(=O)NCCNc2cnn(-c3ccc(C(F)(F)F)cn3)c(=O)c2Cl)cc1. The molecular formula is C19H17ClF3N5O3S. The minimum atomic E-state index is -4.56. The number of nitrogens with one attached hydrogen (secondary N) is 2. The predicted octanol–water partition coefficient (Wildman–Crippen LogP) is 3.00. The van der Waals surface area contributed by atoms with E-state index >= 15 is 0 Å². The van der Waals surface area contributed by atoms with Gasteiger partial charge in [0.2, 0.25) is 10.0 Å². The van der Waals surface area contributed by atoms with Crippen molar-refractivity contribution < 1.29 is 21.6 Å². The van der Waals surface area contributed by atoms with E-state index in [1.807, 2.05) is 6.92 Å². The van der Waals surface area contributed by atoms with Gasteiger partial charge in [-0.3, -0.25) is 4.79 Å². The maximum absolute atomic E-state index is 12.7. The molecule has 0 aliphatic rings. The summed E-state index contributed by atoms with van der Waals surface area (Å²) in [4.78, 5) is 16.2. The normalized spacial score (nSPS) is 12.0. The molecule has 2 aromatic heterocycles. The summed E-state index contributed by atoms with van der Waals surface area (Å²) >= 11 is 6.05. The zero-order valence-corrected chi connectivity index (χ0v) is 18.1. The van der Waals surface area contributed by atoms with Gasteiger partial charge in [0.1, 0.15) is 5.02 Å². The number of sulfonamides is 1. The van der Waals surface area contributed by atoms with Crippen LogP contribution in [0.25, 0.3) is 5.82 Å². The molecule has 1 aromatic carbocycles. The molecule has 0 saturated carbocycles. The number of hydrogen-bond donors (Lipinski definition) is 2. The van der Waals surface area contributed by atoms with Crippen molar-refractivity contribution in [3.05, 3.63) is 75.3 Å². The number of rotatable bonds is 7. The lowest BCUT2D eigenvalue weighted by molar-refractivity contribution is -0.137. The number of pyridine rings is 1. The number of benzene rings is 1. The molecule has 8 nitrogen and oxygen atoms in total. The topological polar surface area (TPSA) is 106 Å². The molecule has 0 fully saturated rings. The molecule has 32 heavy (non-hydrogen) atoms. The minimum Gasteiger partial charge on any atom is -0.381 e. The molecule has 170 valence electrons. The van der Waals surface area contributed by atoms with E-state index in [9.17, 15) is 26.4 Å². The first-order chi connectivity index (χ1) is 15.0. The molecule has 2 heterocycles. The summed E-state index contributed by atoms with van der Waals surface area (Å²) in [6.07, 6.45) is -2.78. The van der Waals surface area contributed by atoms with Crippen LogP contribution in [0.3, 0.4) is 0 Å². The van der Waals surface area contributed by atoms with E-state index in [2.05, 4.69) is 20.1 Å². The lowest BCUT2D eigenvalue weighted by Gasteiger charge is -2.11. The molecule has 3 aromatic rings. The van der Waals surface area contributed by atoms with Gasteiger partial charge in [-0.05, 0) is 31.2 Å². The average Bonchev–Trinajstić information content (AvgIpc) is 2.74. The van der Waals surface area contributed by atoms with Gasteiger partial charge in [0.15, 0.2) is 5.82 Å². The average molecular weight is 488 g/mol. The van der Waals surface area contributed by atoms with E-state index < -0.39 is 27.3 Å². The second kappa shape index (κ2) is 9.27. The van der Waals surface area contributed by atoms with E-state index in [-0.39, 0.29) is 34.5 Å². The largest absolute Gasteiger partial charge is 0.417 e. The second-order valence-electron chi connectivity index (χ2n) is 6.63. The monoisotopic (exact) mass is 487 g/mol. The molecule has 0 spiro atoms. The van der Waals surface area contributed by atoms with Crippen LogP contribution in [0.1, 0.15) is 11.1 Å². The van der Waals surface area contributed by atoms with Gasteiger partial charge >= 0.3 is 6.18 Å². The molecule has 2 N–H and O–H groups in total. The van der Waals surface area contributed by atoms with Crippen LogP contribution in [0, 0.1) is 6.92 Å². The highest BCUT2D eigenvalue weighted by Gasteiger charge is 2.30. The molecule has 0 aliphatic carbocycles. The fourth-order valence-electron chi connectivity index (χ4n) is 2.58. The van der Waals surface area contributed by atoms with Crippen molar-refractivity contribution in [3.63, 3.8) is 0 Å². The van der Waals surface area contributed by atoms with Gasteiger partial charge in [0.05, 0.1) is 22.3 Å². The highest BCUT2D eigenvalue weighted by molar-refractivity contribution is 7.89. The summed E-state index contributed by atoms with van der Waals surface area (Å²) in [5.74, 6) is -0.137. The van der Waals surface area contributed by atoms with E-state index in [0.29, 0.717) is 6.20 Å². The molecule has 3 rings (SSSR count). The highest BCUT2D eigenvalue weighted by Crippen LogP contribution is 2.28.